The highest BCUT2D eigenvalue weighted by Crippen LogP contribution is 2.16. The van der Waals surface area contributed by atoms with Crippen LogP contribution in [0.1, 0.15) is 12.0 Å². The molecule has 2 unspecified atom stereocenters. The Labute approximate surface area is 171 Å². The summed E-state index contributed by atoms with van der Waals surface area (Å²) in [4.78, 5) is 21.3. The third-order valence-electron chi connectivity index (χ3n) is 5.46. The van der Waals surface area contributed by atoms with Crippen molar-refractivity contribution in [1.82, 2.24) is 15.2 Å². The topological polar surface area (TPSA) is 66.9 Å². The van der Waals surface area contributed by atoms with Crippen molar-refractivity contribution < 1.29 is 14.3 Å². The Morgan fingerprint density at radius 3 is 2.66 bits per heavy atom. The molecule has 0 spiro atoms. The monoisotopic (exact) mass is 396 g/mol. The fourth-order valence-corrected chi connectivity index (χ4v) is 3.75. The van der Waals surface area contributed by atoms with Gasteiger partial charge in [0, 0.05) is 39.0 Å². The lowest BCUT2D eigenvalue weighted by Gasteiger charge is -2.38. The molecule has 7 heteroatoms. The minimum Gasteiger partial charge on any atom is -0.379 e. The lowest BCUT2D eigenvalue weighted by molar-refractivity contribution is -0.0736. The van der Waals surface area contributed by atoms with Gasteiger partial charge in [-0.1, -0.05) is 36.4 Å². The van der Waals surface area contributed by atoms with Gasteiger partial charge in [0.05, 0.1) is 19.3 Å². The summed E-state index contributed by atoms with van der Waals surface area (Å²) in [6.45, 7) is 4.60. The predicted octanol–water partition coefficient (Wildman–Crippen LogP) is 2.29. The average Bonchev–Trinajstić information content (AvgIpc) is 2.80. The lowest BCUT2D eigenvalue weighted by Crippen LogP contribution is -2.57. The van der Waals surface area contributed by atoms with Crippen LogP contribution in [0, 0.1) is 0 Å². The molecular formula is C22H28N4O3. The van der Waals surface area contributed by atoms with E-state index in [0.29, 0.717) is 32.9 Å². The van der Waals surface area contributed by atoms with Crippen LogP contribution in [-0.2, 0) is 16.1 Å². The van der Waals surface area contributed by atoms with E-state index in [0.717, 1.165) is 30.9 Å². The summed E-state index contributed by atoms with van der Waals surface area (Å²) in [5, 5.41) is 3.18. The number of piperazine rings is 1. The first kappa shape index (κ1) is 19.7. The summed E-state index contributed by atoms with van der Waals surface area (Å²) in [5.41, 5.74) is 1.12. The second kappa shape index (κ2) is 9.71. The summed E-state index contributed by atoms with van der Waals surface area (Å²) in [6, 6.07) is 15.9. The maximum atomic E-state index is 12.8. The second-order valence-electron chi connectivity index (χ2n) is 7.42. The molecule has 3 heterocycles. The van der Waals surface area contributed by atoms with Crippen molar-refractivity contribution in [2.24, 2.45) is 0 Å². The minimum absolute atomic E-state index is 0.0223. The highest BCUT2D eigenvalue weighted by atomic mass is 16.5. The largest absolute Gasteiger partial charge is 0.379 e. The first-order valence-corrected chi connectivity index (χ1v) is 10.2. The molecule has 0 aliphatic carbocycles. The SMILES string of the molecule is O=C(NC1CCOCC1OCc1ccccc1)N1CCN(c2ccccn2)CC1. The van der Waals surface area contributed by atoms with E-state index in [4.69, 9.17) is 9.47 Å². The van der Waals surface area contributed by atoms with Crippen molar-refractivity contribution in [2.45, 2.75) is 25.2 Å². The highest BCUT2D eigenvalue weighted by molar-refractivity contribution is 5.75. The van der Waals surface area contributed by atoms with E-state index in [1.807, 2.05) is 53.4 Å². The smallest absolute Gasteiger partial charge is 0.317 e. The number of pyridine rings is 1. The number of nitrogens with zero attached hydrogens (tertiary/aromatic N) is 3. The van der Waals surface area contributed by atoms with E-state index in [-0.39, 0.29) is 18.2 Å². The standard InChI is InChI=1S/C22H28N4O3/c27-22(26-13-11-25(12-14-26)21-8-4-5-10-23-21)24-19-9-15-28-17-20(19)29-16-18-6-2-1-3-7-18/h1-8,10,19-20H,9,11-17H2,(H,24,27). The number of aromatic nitrogens is 1. The quantitative estimate of drug-likeness (QED) is 0.840. The molecule has 154 valence electrons. The number of amides is 2. The first-order valence-electron chi connectivity index (χ1n) is 10.2. The van der Waals surface area contributed by atoms with E-state index in [9.17, 15) is 4.79 Å². The van der Waals surface area contributed by atoms with E-state index in [2.05, 4.69) is 15.2 Å². The van der Waals surface area contributed by atoms with Gasteiger partial charge in [0.2, 0.25) is 0 Å². The maximum absolute atomic E-state index is 12.8. The molecule has 2 aliphatic rings. The molecule has 7 nitrogen and oxygen atoms in total. The number of urea groups is 1. The van der Waals surface area contributed by atoms with Crippen molar-refractivity contribution in [1.29, 1.82) is 0 Å². The van der Waals surface area contributed by atoms with Crippen molar-refractivity contribution in [2.75, 3.05) is 44.3 Å². The van der Waals surface area contributed by atoms with E-state index >= 15 is 0 Å². The van der Waals surface area contributed by atoms with Gasteiger partial charge in [-0.25, -0.2) is 9.78 Å². The number of hydrogen-bond donors (Lipinski definition) is 1. The molecule has 1 N–H and O–H groups in total. The lowest BCUT2D eigenvalue weighted by atomic mass is 10.1. The number of rotatable bonds is 5. The summed E-state index contributed by atoms with van der Waals surface area (Å²) in [7, 11) is 0. The Kier molecular flexibility index (Phi) is 6.59. The summed E-state index contributed by atoms with van der Waals surface area (Å²) in [6.07, 6.45) is 2.43. The predicted molar refractivity (Wildman–Crippen MR) is 111 cm³/mol. The summed E-state index contributed by atoms with van der Waals surface area (Å²) in [5.74, 6) is 0.964. The van der Waals surface area contributed by atoms with Gasteiger partial charge in [-0.2, -0.15) is 0 Å². The number of hydrogen-bond acceptors (Lipinski definition) is 5. The zero-order chi connectivity index (χ0) is 19.9. The van der Waals surface area contributed by atoms with Gasteiger partial charge < -0.3 is 24.6 Å². The van der Waals surface area contributed by atoms with Crippen LogP contribution in [0.25, 0.3) is 0 Å². The van der Waals surface area contributed by atoms with Crippen molar-refractivity contribution in [3.05, 3.63) is 60.3 Å². The molecule has 29 heavy (non-hydrogen) atoms. The Bertz CT molecular complexity index is 766. The van der Waals surface area contributed by atoms with Crippen molar-refractivity contribution in [3.8, 4) is 0 Å². The van der Waals surface area contributed by atoms with Crippen LogP contribution in [0.5, 0.6) is 0 Å². The molecular weight excluding hydrogens is 368 g/mol. The molecule has 2 fully saturated rings. The Hall–Kier alpha value is -2.64. The molecule has 1 aromatic carbocycles. The van der Waals surface area contributed by atoms with E-state index in [1.54, 1.807) is 6.20 Å². The summed E-state index contributed by atoms with van der Waals surface area (Å²) < 4.78 is 11.7. The molecule has 2 aromatic rings. The molecule has 2 atom stereocenters. The third kappa shape index (κ3) is 5.25. The van der Waals surface area contributed by atoms with Gasteiger partial charge in [-0.05, 0) is 24.1 Å². The number of carbonyl (C=O) groups is 1. The first-order chi connectivity index (χ1) is 14.3. The van der Waals surface area contributed by atoms with E-state index < -0.39 is 0 Å². The van der Waals surface area contributed by atoms with Gasteiger partial charge in [0.25, 0.3) is 0 Å². The number of ether oxygens (including phenoxy) is 2. The third-order valence-corrected chi connectivity index (χ3v) is 5.46. The Morgan fingerprint density at radius 2 is 1.90 bits per heavy atom. The number of benzene rings is 1. The normalized spacial score (nSPS) is 22.3. The van der Waals surface area contributed by atoms with Crippen LogP contribution in [-0.4, -0.2) is 67.5 Å². The molecule has 2 amide bonds. The van der Waals surface area contributed by atoms with Crippen LogP contribution in [0.4, 0.5) is 10.6 Å². The van der Waals surface area contributed by atoms with Crippen LogP contribution < -0.4 is 10.2 Å². The zero-order valence-electron chi connectivity index (χ0n) is 16.6. The van der Waals surface area contributed by atoms with Gasteiger partial charge >= 0.3 is 6.03 Å². The Morgan fingerprint density at radius 1 is 1.10 bits per heavy atom. The van der Waals surface area contributed by atoms with Crippen LogP contribution in [0.15, 0.2) is 54.7 Å². The van der Waals surface area contributed by atoms with Crippen LogP contribution >= 0.6 is 0 Å². The van der Waals surface area contributed by atoms with Gasteiger partial charge in [0.1, 0.15) is 11.9 Å². The minimum atomic E-state index is -0.136. The molecule has 0 saturated carbocycles. The van der Waals surface area contributed by atoms with Crippen molar-refractivity contribution >= 4 is 11.8 Å². The van der Waals surface area contributed by atoms with Crippen molar-refractivity contribution in [3.63, 3.8) is 0 Å². The molecule has 0 radical (unpaired) electrons. The number of nitrogens with one attached hydrogen (secondary N) is 1. The fourth-order valence-electron chi connectivity index (χ4n) is 3.75. The van der Waals surface area contributed by atoms with Gasteiger partial charge in [-0.15, -0.1) is 0 Å². The Balaban J connectivity index is 1.27. The van der Waals surface area contributed by atoms with Gasteiger partial charge in [-0.3, -0.25) is 0 Å². The van der Waals surface area contributed by atoms with Crippen LogP contribution in [0.3, 0.4) is 0 Å². The summed E-state index contributed by atoms with van der Waals surface area (Å²) >= 11 is 0. The maximum Gasteiger partial charge on any atom is 0.317 e. The fraction of sp³-hybridized carbons (Fsp3) is 0.455. The molecule has 4 rings (SSSR count). The zero-order valence-corrected chi connectivity index (χ0v) is 16.6. The number of anilines is 1. The van der Waals surface area contributed by atoms with Gasteiger partial charge in [0.15, 0.2) is 0 Å². The molecule has 2 saturated heterocycles. The van der Waals surface area contributed by atoms with Crippen LogP contribution in [0.2, 0.25) is 0 Å². The molecule has 2 aliphatic heterocycles. The molecule has 1 aromatic heterocycles. The number of carbonyl (C=O) groups excluding carboxylic acids is 1. The average molecular weight is 396 g/mol. The molecule has 0 bridgehead atoms. The van der Waals surface area contributed by atoms with E-state index in [1.165, 1.54) is 0 Å². The second-order valence-corrected chi connectivity index (χ2v) is 7.42. The highest BCUT2D eigenvalue weighted by Gasteiger charge is 2.30.